The molecule has 122 valence electrons. The van der Waals surface area contributed by atoms with Gasteiger partial charge in [0, 0.05) is 21.8 Å². The minimum Gasteiger partial charge on any atom is -0.391 e. The van der Waals surface area contributed by atoms with Gasteiger partial charge in [-0.15, -0.1) is 5.10 Å². The highest BCUT2D eigenvalue weighted by molar-refractivity contribution is 6.07. The largest absolute Gasteiger partial charge is 0.391 e. The Morgan fingerprint density at radius 2 is 1.62 bits per heavy atom. The highest BCUT2D eigenvalue weighted by Gasteiger charge is 2.12. The second kappa shape index (κ2) is 6.09. The van der Waals surface area contributed by atoms with Gasteiger partial charge in [0.05, 0.1) is 25.4 Å². The Labute approximate surface area is 140 Å². The standard InChI is InChI=1S/C19H20N4O/c1-2-15(24)13-22-11-14(20-21-22)12-23-18-9-5-3-7-16(18)17-8-4-6-10-19(17)23/h3-11,15,24H,2,12-13H2,1H3. The van der Waals surface area contributed by atoms with Crippen molar-refractivity contribution < 1.29 is 5.11 Å². The van der Waals surface area contributed by atoms with Crippen molar-refractivity contribution in [1.29, 1.82) is 0 Å². The third-order valence-electron chi connectivity index (χ3n) is 4.46. The number of benzene rings is 2. The molecule has 0 saturated heterocycles. The van der Waals surface area contributed by atoms with Gasteiger partial charge in [-0.25, -0.2) is 4.68 Å². The molecule has 1 atom stereocenters. The van der Waals surface area contributed by atoms with Gasteiger partial charge in [0.1, 0.15) is 5.69 Å². The van der Waals surface area contributed by atoms with Gasteiger partial charge >= 0.3 is 0 Å². The van der Waals surface area contributed by atoms with E-state index in [2.05, 4.69) is 63.4 Å². The SMILES string of the molecule is CCC(O)Cn1cc(Cn2c3ccccc3c3ccccc32)nn1. The molecule has 0 saturated carbocycles. The van der Waals surface area contributed by atoms with Crippen molar-refractivity contribution >= 4 is 21.8 Å². The highest BCUT2D eigenvalue weighted by atomic mass is 16.3. The van der Waals surface area contributed by atoms with Crippen molar-refractivity contribution in [1.82, 2.24) is 19.6 Å². The van der Waals surface area contributed by atoms with Crippen LogP contribution >= 0.6 is 0 Å². The van der Waals surface area contributed by atoms with Crippen LogP contribution in [0.15, 0.2) is 54.7 Å². The van der Waals surface area contributed by atoms with E-state index < -0.39 is 0 Å². The topological polar surface area (TPSA) is 55.9 Å². The van der Waals surface area contributed by atoms with E-state index in [1.165, 1.54) is 21.8 Å². The molecule has 4 rings (SSSR count). The zero-order chi connectivity index (χ0) is 16.5. The summed E-state index contributed by atoms with van der Waals surface area (Å²) in [5.41, 5.74) is 3.29. The molecule has 0 aliphatic rings. The maximum absolute atomic E-state index is 9.77. The molecule has 1 unspecified atom stereocenters. The number of aliphatic hydroxyl groups is 1. The lowest BCUT2D eigenvalue weighted by Crippen LogP contribution is -2.15. The van der Waals surface area contributed by atoms with Crippen molar-refractivity contribution in [3.05, 3.63) is 60.4 Å². The zero-order valence-electron chi connectivity index (χ0n) is 13.6. The predicted molar refractivity (Wildman–Crippen MR) is 94.9 cm³/mol. The summed E-state index contributed by atoms with van der Waals surface area (Å²) < 4.78 is 3.99. The summed E-state index contributed by atoms with van der Waals surface area (Å²) in [6, 6.07) is 16.9. The van der Waals surface area contributed by atoms with E-state index in [0.717, 1.165) is 5.69 Å². The summed E-state index contributed by atoms with van der Waals surface area (Å²) in [5, 5.41) is 20.7. The van der Waals surface area contributed by atoms with Crippen LogP contribution < -0.4 is 0 Å². The van der Waals surface area contributed by atoms with Gasteiger partial charge in [-0.3, -0.25) is 0 Å². The van der Waals surface area contributed by atoms with Gasteiger partial charge in [-0.2, -0.15) is 0 Å². The van der Waals surface area contributed by atoms with Crippen LogP contribution in [-0.2, 0) is 13.1 Å². The van der Waals surface area contributed by atoms with Crippen LogP contribution in [0.5, 0.6) is 0 Å². The van der Waals surface area contributed by atoms with E-state index in [-0.39, 0.29) is 6.10 Å². The third-order valence-corrected chi connectivity index (χ3v) is 4.46. The smallest absolute Gasteiger partial charge is 0.102 e. The van der Waals surface area contributed by atoms with Gasteiger partial charge in [0.25, 0.3) is 0 Å². The van der Waals surface area contributed by atoms with Crippen LogP contribution in [0, 0.1) is 0 Å². The molecule has 5 heteroatoms. The number of fused-ring (bicyclic) bond motifs is 3. The van der Waals surface area contributed by atoms with Crippen LogP contribution in [-0.4, -0.2) is 30.8 Å². The summed E-state index contributed by atoms with van der Waals surface area (Å²) in [4.78, 5) is 0. The summed E-state index contributed by atoms with van der Waals surface area (Å²) in [5.74, 6) is 0. The number of aromatic nitrogens is 4. The molecule has 24 heavy (non-hydrogen) atoms. The first-order valence-corrected chi connectivity index (χ1v) is 8.29. The fourth-order valence-electron chi connectivity index (χ4n) is 3.18. The summed E-state index contributed by atoms with van der Waals surface area (Å²) in [6.07, 6.45) is 2.25. The van der Waals surface area contributed by atoms with Crippen LogP contribution in [0.25, 0.3) is 21.8 Å². The summed E-state index contributed by atoms with van der Waals surface area (Å²) >= 11 is 0. The second-order valence-electron chi connectivity index (χ2n) is 6.11. The Balaban J connectivity index is 1.74. The highest BCUT2D eigenvalue weighted by Crippen LogP contribution is 2.29. The second-order valence-corrected chi connectivity index (χ2v) is 6.11. The molecule has 2 aromatic carbocycles. The van der Waals surface area contributed by atoms with Crippen molar-refractivity contribution in [2.24, 2.45) is 0 Å². The molecule has 0 aliphatic carbocycles. The van der Waals surface area contributed by atoms with Gasteiger partial charge in [0.15, 0.2) is 0 Å². The Bertz CT molecular complexity index is 932. The van der Waals surface area contributed by atoms with Crippen LogP contribution in [0.2, 0.25) is 0 Å². The Hall–Kier alpha value is -2.66. The van der Waals surface area contributed by atoms with Crippen molar-refractivity contribution in [3.63, 3.8) is 0 Å². The minimum atomic E-state index is -0.382. The molecule has 2 aromatic heterocycles. The lowest BCUT2D eigenvalue weighted by atomic mass is 10.2. The zero-order valence-corrected chi connectivity index (χ0v) is 13.6. The normalized spacial score (nSPS) is 12.9. The van der Waals surface area contributed by atoms with Gasteiger partial charge in [-0.1, -0.05) is 48.5 Å². The molecule has 4 aromatic rings. The Morgan fingerprint density at radius 3 is 2.25 bits per heavy atom. The number of aliphatic hydroxyl groups excluding tert-OH is 1. The third kappa shape index (κ3) is 2.57. The van der Waals surface area contributed by atoms with E-state index in [4.69, 9.17) is 0 Å². The molecule has 2 heterocycles. The van der Waals surface area contributed by atoms with E-state index in [1.807, 2.05) is 13.1 Å². The van der Waals surface area contributed by atoms with Crippen LogP contribution in [0.1, 0.15) is 19.0 Å². The van der Waals surface area contributed by atoms with E-state index in [1.54, 1.807) is 4.68 Å². The first kappa shape index (κ1) is 14.9. The number of rotatable bonds is 5. The Kier molecular flexibility index (Phi) is 3.78. The minimum absolute atomic E-state index is 0.382. The number of para-hydroxylation sites is 2. The predicted octanol–water partition coefficient (Wildman–Crippen LogP) is 3.21. The fourth-order valence-corrected chi connectivity index (χ4v) is 3.18. The molecule has 0 aliphatic heterocycles. The fraction of sp³-hybridized carbons (Fsp3) is 0.263. The number of nitrogens with zero attached hydrogens (tertiary/aromatic N) is 4. The molecule has 0 fully saturated rings. The quantitative estimate of drug-likeness (QED) is 0.614. The molecule has 1 N–H and O–H groups in total. The van der Waals surface area contributed by atoms with Crippen molar-refractivity contribution in [2.75, 3.05) is 0 Å². The molecular formula is C19H20N4O. The molecule has 5 nitrogen and oxygen atoms in total. The van der Waals surface area contributed by atoms with Gasteiger partial charge < -0.3 is 9.67 Å². The van der Waals surface area contributed by atoms with E-state index in [0.29, 0.717) is 19.5 Å². The first-order chi connectivity index (χ1) is 11.8. The molecular weight excluding hydrogens is 300 g/mol. The average Bonchev–Trinajstić information content (AvgIpc) is 3.19. The molecule has 0 amide bonds. The van der Waals surface area contributed by atoms with E-state index >= 15 is 0 Å². The van der Waals surface area contributed by atoms with Crippen molar-refractivity contribution in [3.8, 4) is 0 Å². The van der Waals surface area contributed by atoms with Crippen LogP contribution in [0.4, 0.5) is 0 Å². The summed E-state index contributed by atoms with van der Waals surface area (Å²) in [6.45, 7) is 3.10. The molecule has 0 bridgehead atoms. The van der Waals surface area contributed by atoms with Crippen molar-refractivity contribution in [2.45, 2.75) is 32.5 Å². The number of hydrogen-bond acceptors (Lipinski definition) is 3. The number of hydrogen-bond donors (Lipinski definition) is 1. The summed E-state index contributed by atoms with van der Waals surface area (Å²) in [7, 11) is 0. The average molecular weight is 320 g/mol. The van der Waals surface area contributed by atoms with Gasteiger partial charge in [0.2, 0.25) is 0 Å². The lowest BCUT2D eigenvalue weighted by Gasteiger charge is -2.06. The lowest BCUT2D eigenvalue weighted by molar-refractivity contribution is 0.144. The van der Waals surface area contributed by atoms with Gasteiger partial charge in [-0.05, 0) is 18.6 Å². The first-order valence-electron chi connectivity index (χ1n) is 8.29. The maximum Gasteiger partial charge on any atom is 0.102 e. The molecule has 0 spiro atoms. The van der Waals surface area contributed by atoms with Crippen LogP contribution in [0.3, 0.4) is 0 Å². The maximum atomic E-state index is 9.77. The van der Waals surface area contributed by atoms with E-state index in [9.17, 15) is 5.11 Å². The monoisotopic (exact) mass is 320 g/mol. The molecule has 0 radical (unpaired) electrons. The Morgan fingerprint density at radius 1 is 1.00 bits per heavy atom.